The zero-order valence-corrected chi connectivity index (χ0v) is 10.2. The van der Waals surface area contributed by atoms with Crippen LogP contribution in [0.2, 0.25) is 0 Å². The number of fused-ring (bicyclic) bond motifs is 1. The lowest BCUT2D eigenvalue weighted by molar-refractivity contribution is 0.441. The van der Waals surface area contributed by atoms with E-state index in [0.717, 1.165) is 23.8 Å². The maximum atomic E-state index is 11.6. The summed E-state index contributed by atoms with van der Waals surface area (Å²) in [5.41, 5.74) is 1.31. The summed E-state index contributed by atoms with van der Waals surface area (Å²) < 4.78 is 5.18. The Balaban J connectivity index is 2.19. The highest BCUT2D eigenvalue weighted by Gasteiger charge is 2.19. The van der Waals surface area contributed by atoms with E-state index in [0.29, 0.717) is 11.5 Å². The summed E-state index contributed by atoms with van der Waals surface area (Å²) in [5.74, 6) is 0.639. The maximum absolute atomic E-state index is 11.6. The van der Waals surface area contributed by atoms with E-state index in [-0.39, 0.29) is 11.4 Å². The number of hydrogen-bond donors (Lipinski definition) is 1. The van der Waals surface area contributed by atoms with Crippen LogP contribution in [0.25, 0.3) is 11.0 Å². The van der Waals surface area contributed by atoms with Gasteiger partial charge in [0.2, 0.25) is 0 Å². The average Bonchev–Trinajstić information content (AvgIpc) is 2.39. The van der Waals surface area contributed by atoms with Crippen molar-refractivity contribution in [1.82, 2.24) is 0 Å². The first-order valence-corrected chi connectivity index (χ1v) is 6.51. The van der Waals surface area contributed by atoms with Gasteiger partial charge in [0.15, 0.2) is 0 Å². The van der Waals surface area contributed by atoms with Gasteiger partial charge in [-0.15, -0.1) is 0 Å². The highest BCUT2D eigenvalue weighted by atomic mass is 16.4. The van der Waals surface area contributed by atoms with E-state index < -0.39 is 0 Å². The molecule has 1 aliphatic carbocycles. The van der Waals surface area contributed by atoms with Crippen molar-refractivity contribution in [2.75, 3.05) is 0 Å². The fraction of sp³-hybridized carbons (Fsp3) is 0.400. The lowest BCUT2D eigenvalue weighted by Crippen LogP contribution is -2.09. The molecule has 1 N–H and O–H groups in total. The molecular weight excluding hydrogens is 228 g/mol. The molecule has 1 aromatic carbocycles. The first kappa shape index (κ1) is 11.3. The molecule has 1 aromatic heterocycles. The SMILES string of the molecule is O=c1cc(C2CCCCC2)c2cc(O)ccc2o1. The van der Waals surface area contributed by atoms with Crippen molar-refractivity contribution >= 4 is 11.0 Å². The number of phenolic OH excluding ortho intramolecular Hbond substituents is 1. The molecule has 0 radical (unpaired) electrons. The quantitative estimate of drug-likeness (QED) is 0.780. The van der Waals surface area contributed by atoms with E-state index in [2.05, 4.69) is 0 Å². The van der Waals surface area contributed by atoms with Crippen molar-refractivity contribution in [2.24, 2.45) is 0 Å². The van der Waals surface area contributed by atoms with Gasteiger partial charge in [0.05, 0.1) is 0 Å². The molecule has 18 heavy (non-hydrogen) atoms. The standard InChI is InChI=1S/C15H16O3/c16-11-6-7-14-13(8-11)12(9-15(17)18-14)10-4-2-1-3-5-10/h6-10,16H,1-5H2. The van der Waals surface area contributed by atoms with Gasteiger partial charge in [-0.3, -0.25) is 0 Å². The van der Waals surface area contributed by atoms with Gasteiger partial charge in [-0.25, -0.2) is 4.79 Å². The number of hydrogen-bond acceptors (Lipinski definition) is 3. The predicted octanol–water partition coefficient (Wildman–Crippen LogP) is 3.55. The average molecular weight is 244 g/mol. The topological polar surface area (TPSA) is 50.4 Å². The summed E-state index contributed by atoms with van der Waals surface area (Å²) in [7, 11) is 0. The van der Waals surface area contributed by atoms with E-state index in [1.165, 1.54) is 19.3 Å². The Morgan fingerprint density at radius 2 is 1.89 bits per heavy atom. The minimum atomic E-state index is -0.297. The molecule has 1 saturated carbocycles. The van der Waals surface area contributed by atoms with E-state index >= 15 is 0 Å². The number of benzene rings is 1. The lowest BCUT2D eigenvalue weighted by Gasteiger charge is -2.22. The van der Waals surface area contributed by atoms with Crippen molar-refractivity contribution in [1.29, 1.82) is 0 Å². The molecule has 0 saturated heterocycles. The second-order valence-electron chi connectivity index (χ2n) is 5.04. The minimum absolute atomic E-state index is 0.216. The Bertz CT molecular complexity index is 621. The summed E-state index contributed by atoms with van der Waals surface area (Å²) in [6.07, 6.45) is 5.94. The van der Waals surface area contributed by atoms with Crippen LogP contribution in [0, 0.1) is 0 Å². The van der Waals surface area contributed by atoms with Crippen molar-refractivity contribution in [3.63, 3.8) is 0 Å². The van der Waals surface area contributed by atoms with Gasteiger partial charge in [0.1, 0.15) is 11.3 Å². The fourth-order valence-corrected chi connectivity index (χ4v) is 2.93. The van der Waals surface area contributed by atoms with E-state index in [1.807, 2.05) is 0 Å². The van der Waals surface area contributed by atoms with Gasteiger partial charge in [-0.1, -0.05) is 19.3 Å². The molecule has 0 bridgehead atoms. The van der Waals surface area contributed by atoms with Crippen LogP contribution in [0.1, 0.15) is 43.6 Å². The molecule has 3 nitrogen and oxygen atoms in total. The van der Waals surface area contributed by atoms with Crippen LogP contribution in [0.3, 0.4) is 0 Å². The van der Waals surface area contributed by atoms with Gasteiger partial charge < -0.3 is 9.52 Å². The first-order valence-electron chi connectivity index (χ1n) is 6.51. The molecule has 3 rings (SSSR count). The van der Waals surface area contributed by atoms with Crippen LogP contribution < -0.4 is 5.63 Å². The van der Waals surface area contributed by atoms with Gasteiger partial charge in [0.25, 0.3) is 0 Å². The van der Waals surface area contributed by atoms with Crippen LogP contribution >= 0.6 is 0 Å². The van der Waals surface area contributed by atoms with Crippen molar-refractivity contribution in [3.8, 4) is 5.75 Å². The van der Waals surface area contributed by atoms with E-state index in [9.17, 15) is 9.90 Å². The van der Waals surface area contributed by atoms with Crippen molar-refractivity contribution < 1.29 is 9.52 Å². The minimum Gasteiger partial charge on any atom is -0.508 e. The van der Waals surface area contributed by atoms with Crippen LogP contribution in [0.4, 0.5) is 0 Å². The normalized spacial score (nSPS) is 17.1. The molecule has 1 aliphatic rings. The first-order chi connectivity index (χ1) is 8.74. The Morgan fingerprint density at radius 1 is 1.11 bits per heavy atom. The smallest absolute Gasteiger partial charge is 0.336 e. The van der Waals surface area contributed by atoms with Crippen LogP contribution in [-0.2, 0) is 0 Å². The molecule has 1 heterocycles. The largest absolute Gasteiger partial charge is 0.508 e. The Labute approximate surface area is 105 Å². The summed E-state index contributed by atoms with van der Waals surface area (Å²) in [5, 5.41) is 10.5. The molecule has 1 fully saturated rings. The van der Waals surface area contributed by atoms with Crippen molar-refractivity contribution in [2.45, 2.75) is 38.0 Å². The lowest BCUT2D eigenvalue weighted by atomic mass is 9.83. The summed E-state index contributed by atoms with van der Waals surface area (Å²) in [4.78, 5) is 11.6. The van der Waals surface area contributed by atoms with Gasteiger partial charge in [-0.2, -0.15) is 0 Å². The Kier molecular flexibility index (Phi) is 2.82. The molecule has 2 aromatic rings. The monoisotopic (exact) mass is 244 g/mol. The number of phenols is 1. The second kappa shape index (κ2) is 4.48. The predicted molar refractivity (Wildman–Crippen MR) is 70.0 cm³/mol. The molecule has 0 aliphatic heterocycles. The van der Waals surface area contributed by atoms with Gasteiger partial charge in [-0.05, 0) is 42.5 Å². The highest BCUT2D eigenvalue weighted by Crippen LogP contribution is 2.36. The molecule has 3 heteroatoms. The van der Waals surface area contributed by atoms with Crippen LogP contribution in [0.5, 0.6) is 5.75 Å². The third-order valence-electron chi connectivity index (χ3n) is 3.80. The van der Waals surface area contributed by atoms with Gasteiger partial charge >= 0.3 is 5.63 Å². The Morgan fingerprint density at radius 3 is 2.67 bits per heavy atom. The molecule has 0 atom stereocenters. The van der Waals surface area contributed by atoms with E-state index in [1.54, 1.807) is 24.3 Å². The molecule has 0 amide bonds. The van der Waals surface area contributed by atoms with Crippen molar-refractivity contribution in [3.05, 3.63) is 40.2 Å². The second-order valence-corrected chi connectivity index (χ2v) is 5.04. The highest BCUT2D eigenvalue weighted by molar-refractivity contribution is 5.82. The summed E-state index contributed by atoms with van der Waals surface area (Å²) >= 11 is 0. The molecule has 94 valence electrons. The molecular formula is C15H16O3. The molecule has 0 unspecified atom stereocenters. The summed E-state index contributed by atoms with van der Waals surface area (Å²) in [6, 6.07) is 6.51. The Hall–Kier alpha value is -1.77. The van der Waals surface area contributed by atoms with E-state index in [4.69, 9.17) is 4.42 Å². The van der Waals surface area contributed by atoms with Crippen LogP contribution in [0.15, 0.2) is 33.5 Å². The molecule has 0 spiro atoms. The zero-order valence-electron chi connectivity index (χ0n) is 10.2. The van der Waals surface area contributed by atoms with Crippen LogP contribution in [-0.4, -0.2) is 5.11 Å². The van der Waals surface area contributed by atoms with Gasteiger partial charge in [0, 0.05) is 11.5 Å². The third kappa shape index (κ3) is 2.01. The maximum Gasteiger partial charge on any atom is 0.336 e. The fourth-order valence-electron chi connectivity index (χ4n) is 2.93. The zero-order chi connectivity index (χ0) is 12.5. The number of aromatic hydroxyl groups is 1. The number of rotatable bonds is 1. The third-order valence-corrected chi connectivity index (χ3v) is 3.80. The summed E-state index contributed by atoms with van der Waals surface area (Å²) in [6.45, 7) is 0.